The largest absolute Gasteiger partial charge is 0.502 e. The maximum Gasteiger partial charge on any atom is 0.200 e. The van der Waals surface area contributed by atoms with Crippen LogP contribution in [-0.4, -0.2) is 41.1 Å². The van der Waals surface area contributed by atoms with E-state index in [1.54, 1.807) is 12.1 Å². The van der Waals surface area contributed by atoms with E-state index in [1.165, 1.54) is 14.2 Å². The second-order valence-electron chi connectivity index (χ2n) is 4.85. The van der Waals surface area contributed by atoms with Crippen LogP contribution in [0.15, 0.2) is 12.1 Å². The summed E-state index contributed by atoms with van der Waals surface area (Å²) in [6.07, 6.45) is 1.89. The van der Waals surface area contributed by atoms with Gasteiger partial charge in [-0.3, -0.25) is 4.21 Å². The van der Waals surface area contributed by atoms with Crippen LogP contribution in [0.1, 0.15) is 18.4 Å². The second kappa shape index (κ2) is 6.95. The molecule has 20 heavy (non-hydrogen) atoms. The van der Waals surface area contributed by atoms with Crippen molar-refractivity contribution in [3.8, 4) is 17.2 Å². The van der Waals surface area contributed by atoms with Crippen molar-refractivity contribution in [1.82, 2.24) is 5.32 Å². The maximum absolute atomic E-state index is 11.3. The van der Waals surface area contributed by atoms with Crippen molar-refractivity contribution in [2.75, 3.05) is 25.7 Å². The van der Waals surface area contributed by atoms with Gasteiger partial charge in [0.25, 0.3) is 0 Å². The second-order valence-corrected chi connectivity index (χ2v) is 6.55. The lowest BCUT2D eigenvalue weighted by molar-refractivity contribution is 0.338. The normalized spacial score (nSPS) is 22.5. The molecule has 112 valence electrons. The number of hydrogen-bond donors (Lipinski definition) is 2. The third kappa shape index (κ3) is 3.64. The molecule has 1 aliphatic heterocycles. The average molecular weight is 299 g/mol. The highest BCUT2D eigenvalue weighted by molar-refractivity contribution is 7.85. The first-order valence-electron chi connectivity index (χ1n) is 6.66. The number of aromatic hydroxyl groups is 1. The summed E-state index contributed by atoms with van der Waals surface area (Å²) in [5.41, 5.74) is 0.989. The summed E-state index contributed by atoms with van der Waals surface area (Å²) in [7, 11) is 2.40. The van der Waals surface area contributed by atoms with Gasteiger partial charge in [0.05, 0.1) is 14.2 Å². The van der Waals surface area contributed by atoms with Gasteiger partial charge >= 0.3 is 0 Å². The summed E-state index contributed by atoms with van der Waals surface area (Å²) in [4.78, 5) is 0. The monoisotopic (exact) mass is 299 g/mol. The Morgan fingerprint density at radius 3 is 2.30 bits per heavy atom. The van der Waals surface area contributed by atoms with Gasteiger partial charge in [0, 0.05) is 34.9 Å². The lowest BCUT2D eigenvalue weighted by Crippen LogP contribution is -2.35. The summed E-state index contributed by atoms with van der Waals surface area (Å²) in [6.45, 7) is 0.671. The highest BCUT2D eigenvalue weighted by atomic mass is 32.2. The van der Waals surface area contributed by atoms with Gasteiger partial charge in [-0.25, -0.2) is 0 Å². The Labute approximate surface area is 121 Å². The smallest absolute Gasteiger partial charge is 0.200 e. The number of hydrogen-bond acceptors (Lipinski definition) is 5. The predicted octanol–water partition coefficient (Wildman–Crippen LogP) is 1.41. The van der Waals surface area contributed by atoms with E-state index in [0.29, 0.717) is 24.1 Å². The van der Waals surface area contributed by atoms with Crippen molar-refractivity contribution < 1.29 is 18.8 Å². The number of phenols is 1. The zero-order valence-electron chi connectivity index (χ0n) is 11.8. The molecule has 1 aromatic rings. The molecule has 0 unspecified atom stereocenters. The van der Waals surface area contributed by atoms with E-state index in [2.05, 4.69) is 5.32 Å². The van der Waals surface area contributed by atoms with Crippen LogP contribution in [0.2, 0.25) is 0 Å². The molecule has 2 N–H and O–H groups in total. The Kier molecular flexibility index (Phi) is 5.25. The molecule has 1 fully saturated rings. The zero-order chi connectivity index (χ0) is 14.5. The van der Waals surface area contributed by atoms with Crippen molar-refractivity contribution in [3.05, 3.63) is 17.7 Å². The fourth-order valence-electron chi connectivity index (χ4n) is 2.31. The fraction of sp³-hybridized carbons (Fsp3) is 0.571. The molecule has 5 nitrogen and oxygen atoms in total. The Morgan fingerprint density at radius 1 is 1.25 bits per heavy atom. The number of benzene rings is 1. The molecule has 6 heteroatoms. The van der Waals surface area contributed by atoms with Crippen LogP contribution in [0.5, 0.6) is 17.2 Å². The molecule has 0 aliphatic carbocycles. The third-order valence-electron chi connectivity index (χ3n) is 3.52. The fourth-order valence-corrected chi connectivity index (χ4v) is 3.61. The lowest BCUT2D eigenvalue weighted by atomic mass is 10.1. The van der Waals surface area contributed by atoms with Crippen LogP contribution in [-0.2, 0) is 17.3 Å². The van der Waals surface area contributed by atoms with Crippen molar-refractivity contribution in [1.29, 1.82) is 0 Å². The van der Waals surface area contributed by atoms with Gasteiger partial charge in [0.15, 0.2) is 11.5 Å². The minimum Gasteiger partial charge on any atom is -0.502 e. The van der Waals surface area contributed by atoms with E-state index in [4.69, 9.17) is 9.47 Å². The number of methoxy groups -OCH3 is 2. The summed E-state index contributed by atoms with van der Waals surface area (Å²) in [5.74, 6) is 2.39. The van der Waals surface area contributed by atoms with E-state index in [-0.39, 0.29) is 5.75 Å². The minimum absolute atomic E-state index is 0.0202. The molecule has 2 rings (SSSR count). The molecule has 0 saturated carbocycles. The van der Waals surface area contributed by atoms with Crippen LogP contribution >= 0.6 is 0 Å². The lowest BCUT2D eigenvalue weighted by Gasteiger charge is -2.23. The van der Waals surface area contributed by atoms with Gasteiger partial charge in [-0.2, -0.15) is 0 Å². The van der Waals surface area contributed by atoms with E-state index in [9.17, 15) is 9.32 Å². The van der Waals surface area contributed by atoms with E-state index in [0.717, 1.165) is 29.9 Å². The Hall–Kier alpha value is -1.27. The van der Waals surface area contributed by atoms with Gasteiger partial charge in [0.2, 0.25) is 5.75 Å². The van der Waals surface area contributed by atoms with Crippen LogP contribution in [0.25, 0.3) is 0 Å². The number of rotatable bonds is 5. The highest BCUT2D eigenvalue weighted by Gasteiger charge is 2.18. The first kappa shape index (κ1) is 15.1. The highest BCUT2D eigenvalue weighted by Crippen LogP contribution is 2.37. The molecule has 1 heterocycles. The SMILES string of the molecule is COc1cc(CNC2CCS(=O)CC2)cc(OC)c1O. The number of nitrogens with one attached hydrogen (secondary N) is 1. The molecular formula is C14H21NO4S. The van der Waals surface area contributed by atoms with Crippen molar-refractivity contribution in [2.24, 2.45) is 0 Å². The van der Waals surface area contributed by atoms with Crippen molar-refractivity contribution in [3.63, 3.8) is 0 Å². The van der Waals surface area contributed by atoms with Crippen molar-refractivity contribution in [2.45, 2.75) is 25.4 Å². The molecule has 1 saturated heterocycles. The zero-order valence-corrected chi connectivity index (χ0v) is 12.7. The molecule has 0 amide bonds. The Morgan fingerprint density at radius 2 is 1.80 bits per heavy atom. The summed E-state index contributed by atoms with van der Waals surface area (Å²) >= 11 is 0. The van der Waals surface area contributed by atoms with E-state index in [1.807, 2.05) is 0 Å². The van der Waals surface area contributed by atoms with E-state index >= 15 is 0 Å². The Balaban J connectivity index is 2.00. The van der Waals surface area contributed by atoms with E-state index < -0.39 is 10.8 Å². The topological polar surface area (TPSA) is 67.8 Å². The van der Waals surface area contributed by atoms with Crippen LogP contribution in [0.3, 0.4) is 0 Å². The maximum atomic E-state index is 11.3. The summed E-state index contributed by atoms with van der Waals surface area (Å²) < 4.78 is 21.6. The third-order valence-corrected chi connectivity index (χ3v) is 4.90. The summed E-state index contributed by atoms with van der Waals surface area (Å²) in [5, 5.41) is 13.3. The molecular weight excluding hydrogens is 278 g/mol. The van der Waals surface area contributed by atoms with Gasteiger partial charge < -0.3 is 19.9 Å². The average Bonchev–Trinajstić information content (AvgIpc) is 2.47. The van der Waals surface area contributed by atoms with Gasteiger partial charge in [-0.15, -0.1) is 0 Å². The molecule has 0 bridgehead atoms. The molecule has 0 atom stereocenters. The van der Waals surface area contributed by atoms with Crippen molar-refractivity contribution >= 4 is 10.8 Å². The molecule has 0 spiro atoms. The van der Waals surface area contributed by atoms with Crippen LogP contribution in [0.4, 0.5) is 0 Å². The quantitative estimate of drug-likeness (QED) is 0.860. The van der Waals surface area contributed by atoms with Crippen LogP contribution < -0.4 is 14.8 Å². The predicted molar refractivity (Wildman–Crippen MR) is 78.9 cm³/mol. The van der Waals surface area contributed by atoms with Gasteiger partial charge in [-0.05, 0) is 30.5 Å². The molecule has 0 radical (unpaired) electrons. The number of ether oxygens (including phenoxy) is 2. The molecule has 1 aliphatic rings. The molecule has 1 aromatic carbocycles. The minimum atomic E-state index is -0.635. The van der Waals surface area contributed by atoms with Gasteiger partial charge in [0.1, 0.15) is 0 Å². The Bertz CT molecular complexity index is 457. The molecule has 0 aromatic heterocycles. The number of phenolic OH excluding ortho intramolecular Hbond substituents is 1. The summed E-state index contributed by atoms with van der Waals surface area (Å²) in [6, 6.07) is 4.00. The van der Waals surface area contributed by atoms with Crippen LogP contribution in [0, 0.1) is 0 Å². The van der Waals surface area contributed by atoms with Gasteiger partial charge in [-0.1, -0.05) is 0 Å². The standard InChI is InChI=1S/C14H21NO4S/c1-18-12-7-10(8-13(19-2)14(12)16)9-15-11-3-5-20(17)6-4-11/h7-8,11,15-16H,3-6,9H2,1-2H3. The first-order chi connectivity index (χ1) is 9.63. The first-order valence-corrected chi connectivity index (χ1v) is 8.15.